The lowest BCUT2D eigenvalue weighted by molar-refractivity contribution is -0.187. The summed E-state index contributed by atoms with van der Waals surface area (Å²) in [6.07, 6.45) is 0.831. The molecule has 1 N–H and O–H groups in total. The number of benzene rings is 2. The van der Waals surface area contributed by atoms with Crippen molar-refractivity contribution in [3.8, 4) is 0 Å². The number of hydrogen-bond acceptors (Lipinski definition) is 5. The molecule has 2 saturated heterocycles. The Bertz CT molecular complexity index is 1040. The zero-order valence-corrected chi connectivity index (χ0v) is 21.8. The molecule has 2 aromatic carbocycles. The van der Waals surface area contributed by atoms with Gasteiger partial charge in [0, 0.05) is 31.6 Å². The number of hydrazine groups is 1. The number of carbonyl (C=O) groups excluding carboxylic acids is 3. The molecular formula is C27H35N5O3S. The van der Waals surface area contributed by atoms with Gasteiger partial charge in [-0.05, 0) is 17.5 Å². The number of urea groups is 1. The summed E-state index contributed by atoms with van der Waals surface area (Å²) in [5.41, 5.74) is 2.25. The maximum atomic E-state index is 13.4. The van der Waals surface area contributed by atoms with Crippen molar-refractivity contribution >= 4 is 29.6 Å². The number of thioether (sulfide) groups is 1. The van der Waals surface area contributed by atoms with E-state index >= 15 is 0 Å². The van der Waals surface area contributed by atoms with E-state index in [9.17, 15) is 14.4 Å². The Morgan fingerprint density at radius 3 is 2.36 bits per heavy atom. The number of nitrogens with zero attached hydrogens (tertiary/aromatic N) is 4. The summed E-state index contributed by atoms with van der Waals surface area (Å²) >= 11 is 1.78. The number of nitrogens with one attached hydrogen (secondary N) is 1. The second kappa shape index (κ2) is 12.3. The number of hydrogen-bond donors (Lipinski definition) is 1. The third kappa shape index (κ3) is 6.02. The molecule has 0 aromatic heterocycles. The molecule has 0 aliphatic carbocycles. The zero-order chi connectivity index (χ0) is 25.5. The molecular weight excluding hydrogens is 474 g/mol. The maximum absolute atomic E-state index is 13.4. The number of carbonyl (C=O) groups is 3. The normalized spacial score (nSPS) is 20.4. The molecule has 2 atom stereocenters. The quantitative estimate of drug-likeness (QED) is 0.526. The van der Waals surface area contributed by atoms with Crippen molar-refractivity contribution in [2.75, 3.05) is 32.4 Å². The Kier molecular flexibility index (Phi) is 8.88. The lowest BCUT2D eigenvalue weighted by Gasteiger charge is -2.54. The first-order chi connectivity index (χ1) is 17.5. The van der Waals surface area contributed by atoms with Crippen LogP contribution in [0.3, 0.4) is 0 Å². The van der Waals surface area contributed by atoms with Crippen molar-refractivity contribution in [3.05, 3.63) is 71.8 Å². The number of likely N-dealkylation sites (N-methyl/N-ethyl adjacent to an activating group) is 1. The molecule has 192 valence electrons. The third-order valence-corrected chi connectivity index (χ3v) is 7.62. The molecule has 8 nitrogen and oxygen atoms in total. The molecule has 2 fully saturated rings. The van der Waals surface area contributed by atoms with Gasteiger partial charge in [0.1, 0.15) is 12.2 Å². The summed E-state index contributed by atoms with van der Waals surface area (Å²) in [6.45, 7) is 3.36. The minimum Gasteiger partial charge on any atom is -0.336 e. The first-order valence-corrected chi connectivity index (χ1v) is 13.7. The van der Waals surface area contributed by atoms with Gasteiger partial charge in [-0.25, -0.2) is 14.8 Å². The van der Waals surface area contributed by atoms with Crippen LogP contribution in [-0.4, -0.2) is 82.3 Å². The van der Waals surface area contributed by atoms with E-state index in [-0.39, 0.29) is 24.4 Å². The van der Waals surface area contributed by atoms with Crippen LogP contribution < -0.4 is 5.32 Å². The monoisotopic (exact) mass is 509 g/mol. The van der Waals surface area contributed by atoms with Crippen molar-refractivity contribution in [2.45, 2.75) is 44.3 Å². The summed E-state index contributed by atoms with van der Waals surface area (Å²) < 4.78 is 0. The summed E-state index contributed by atoms with van der Waals surface area (Å²) in [4.78, 5) is 43.4. The average Bonchev–Trinajstić information content (AvgIpc) is 2.88. The predicted octanol–water partition coefficient (Wildman–Crippen LogP) is 3.16. The van der Waals surface area contributed by atoms with Gasteiger partial charge < -0.3 is 15.1 Å². The highest BCUT2D eigenvalue weighted by Gasteiger charge is 2.50. The number of amides is 4. The van der Waals surface area contributed by atoms with E-state index in [2.05, 4.69) is 17.4 Å². The van der Waals surface area contributed by atoms with Gasteiger partial charge in [0.2, 0.25) is 11.8 Å². The van der Waals surface area contributed by atoms with Crippen LogP contribution in [-0.2, 0) is 21.9 Å². The summed E-state index contributed by atoms with van der Waals surface area (Å²) in [6, 6.07) is 19.2. The van der Waals surface area contributed by atoms with Gasteiger partial charge in [0.05, 0.1) is 13.1 Å². The molecule has 1 unspecified atom stereocenters. The van der Waals surface area contributed by atoms with Crippen LogP contribution in [0.2, 0.25) is 0 Å². The van der Waals surface area contributed by atoms with Crippen molar-refractivity contribution in [2.24, 2.45) is 0 Å². The smallest absolute Gasteiger partial charge is 0.334 e. The SMILES string of the molecule is CCC[C@H]1C(=O)N(CCSCc2ccccc2)CC2N1C(=O)CN(C)N2C(=O)NCc1ccccc1. The van der Waals surface area contributed by atoms with Crippen LogP contribution in [0.5, 0.6) is 0 Å². The molecule has 0 saturated carbocycles. The molecule has 0 radical (unpaired) electrons. The van der Waals surface area contributed by atoms with Crippen molar-refractivity contribution in [1.29, 1.82) is 0 Å². The number of rotatable bonds is 9. The second-order valence-corrected chi connectivity index (χ2v) is 10.3. The van der Waals surface area contributed by atoms with Gasteiger partial charge in [-0.1, -0.05) is 74.0 Å². The lowest BCUT2D eigenvalue weighted by atomic mass is 10.0. The maximum Gasteiger partial charge on any atom is 0.334 e. The molecule has 36 heavy (non-hydrogen) atoms. The van der Waals surface area contributed by atoms with Crippen LogP contribution in [0.1, 0.15) is 30.9 Å². The van der Waals surface area contributed by atoms with E-state index in [4.69, 9.17) is 0 Å². The van der Waals surface area contributed by atoms with Crippen molar-refractivity contribution < 1.29 is 14.4 Å². The Hall–Kier alpha value is -3.04. The van der Waals surface area contributed by atoms with Gasteiger partial charge in [0.25, 0.3) is 0 Å². The van der Waals surface area contributed by atoms with Crippen LogP contribution >= 0.6 is 11.8 Å². The highest BCUT2D eigenvalue weighted by Crippen LogP contribution is 2.28. The van der Waals surface area contributed by atoms with E-state index in [0.717, 1.165) is 23.5 Å². The van der Waals surface area contributed by atoms with Crippen LogP contribution in [0.25, 0.3) is 0 Å². The summed E-state index contributed by atoms with van der Waals surface area (Å²) in [5.74, 6) is 1.54. The number of piperazine rings is 1. The number of fused-ring (bicyclic) bond motifs is 1. The average molecular weight is 510 g/mol. The fourth-order valence-corrected chi connectivity index (χ4v) is 5.77. The zero-order valence-electron chi connectivity index (χ0n) is 21.0. The van der Waals surface area contributed by atoms with Crippen LogP contribution in [0.4, 0.5) is 4.79 Å². The first-order valence-electron chi connectivity index (χ1n) is 12.5. The molecule has 2 aromatic rings. The lowest BCUT2D eigenvalue weighted by Crippen LogP contribution is -2.76. The van der Waals surface area contributed by atoms with E-state index in [1.165, 1.54) is 5.56 Å². The summed E-state index contributed by atoms with van der Waals surface area (Å²) in [5, 5.41) is 6.28. The van der Waals surface area contributed by atoms with Crippen molar-refractivity contribution in [1.82, 2.24) is 25.1 Å². The molecule has 2 aliphatic rings. The summed E-state index contributed by atoms with van der Waals surface area (Å²) in [7, 11) is 1.75. The van der Waals surface area contributed by atoms with Gasteiger partial charge in [-0.3, -0.25) is 9.59 Å². The molecule has 0 bridgehead atoms. The predicted molar refractivity (Wildman–Crippen MR) is 142 cm³/mol. The topological polar surface area (TPSA) is 76.2 Å². The first kappa shape index (κ1) is 26.0. The Labute approximate surface area is 217 Å². The van der Waals surface area contributed by atoms with Crippen LogP contribution in [0.15, 0.2) is 60.7 Å². The molecule has 4 amide bonds. The fourth-order valence-electron chi connectivity index (χ4n) is 4.85. The standard InChI is InChI=1S/C27H35N5O3S/c1-3-10-23-26(34)30(15-16-36-20-22-13-8-5-9-14-22)18-24-31(23)25(33)19-29(2)32(24)27(35)28-17-21-11-6-4-7-12-21/h4-9,11-14,23-24H,3,10,15-20H2,1-2H3,(H,28,35)/t23-,24?/m0/s1. The Balaban J connectivity index is 1.46. The highest BCUT2D eigenvalue weighted by molar-refractivity contribution is 7.98. The minimum absolute atomic E-state index is 0.0176. The van der Waals surface area contributed by atoms with Gasteiger partial charge >= 0.3 is 6.03 Å². The van der Waals surface area contributed by atoms with Gasteiger partial charge in [-0.15, -0.1) is 0 Å². The van der Waals surface area contributed by atoms with Gasteiger partial charge in [-0.2, -0.15) is 11.8 Å². The Morgan fingerprint density at radius 2 is 1.69 bits per heavy atom. The molecule has 0 spiro atoms. The molecule has 2 aliphatic heterocycles. The van der Waals surface area contributed by atoms with Crippen molar-refractivity contribution in [3.63, 3.8) is 0 Å². The van der Waals surface area contributed by atoms with Gasteiger partial charge in [0.15, 0.2) is 0 Å². The molecule has 4 rings (SSSR count). The third-order valence-electron chi connectivity index (χ3n) is 6.61. The minimum atomic E-state index is -0.543. The molecule has 2 heterocycles. The van der Waals surface area contributed by atoms with Crippen LogP contribution in [0, 0.1) is 0 Å². The van der Waals surface area contributed by atoms with E-state index in [1.54, 1.807) is 33.7 Å². The van der Waals surface area contributed by atoms with E-state index in [1.807, 2.05) is 60.4 Å². The molecule has 9 heteroatoms. The fraction of sp³-hybridized carbons (Fsp3) is 0.444. The largest absolute Gasteiger partial charge is 0.336 e. The highest BCUT2D eigenvalue weighted by atomic mass is 32.2. The van der Waals surface area contributed by atoms with E-state index in [0.29, 0.717) is 26.1 Å². The second-order valence-electron chi connectivity index (χ2n) is 9.21. The van der Waals surface area contributed by atoms with E-state index < -0.39 is 12.2 Å². The Morgan fingerprint density at radius 1 is 1.03 bits per heavy atom.